The average Bonchev–Trinajstić information content (AvgIpc) is 3.39. The van der Waals surface area contributed by atoms with E-state index in [1.165, 1.54) is 0 Å². The lowest BCUT2D eigenvalue weighted by Gasteiger charge is -2.35. The third kappa shape index (κ3) is 14.7. The van der Waals surface area contributed by atoms with E-state index in [4.69, 9.17) is 35.9 Å². The molecule has 2 atom stereocenters. The summed E-state index contributed by atoms with van der Waals surface area (Å²) in [7, 11) is 0. The molecule has 0 saturated carbocycles. The Morgan fingerprint density at radius 3 is 1.47 bits per heavy atom. The van der Waals surface area contributed by atoms with E-state index in [1.54, 1.807) is 9.80 Å². The summed E-state index contributed by atoms with van der Waals surface area (Å²) in [6.45, 7) is 14.1. The molecule has 0 bridgehead atoms. The molecule has 2 aliphatic rings. The molecule has 74 heavy (non-hydrogen) atoms. The van der Waals surface area contributed by atoms with Crippen molar-refractivity contribution >= 4 is 23.8 Å². The van der Waals surface area contributed by atoms with E-state index in [-0.39, 0.29) is 43.0 Å². The minimum atomic E-state index is -0.575. The van der Waals surface area contributed by atoms with Gasteiger partial charge in [-0.15, -0.1) is 0 Å². The van der Waals surface area contributed by atoms with Gasteiger partial charge in [0.05, 0.1) is 24.5 Å². The van der Waals surface area contributed by atoms with Gasteiger partial charge in [0.25, 0.3) is 0 Å². The van der Waals surface area contributed by atoms with Crippen molar-refractivity contribution < 1.29 is 33.6 Å². The van der Waals surface area contributed by atoms with Crippen LogP contribution in [-0.4, -0.2) is 74.4 Å². The zero-order valence-electron chi connectivity index (χ0n) is 43.4. The number of piperidine rings is 2. The standard InChI is InChI=1S/C29H34N6O3.C29H35N3O4/c1-29(2,3)38-28(36)35-15-9-12-21(18-35)23-16-25(33-27(30)24(23)17-32-34-31)22-13-7-8-14-26(22)37-19-20-10-5-4-6-11-20;1-29(2,3)36-28(34)32-15-9-12-21(17-32)23-16-25(31-27(30)24(23)18-33)22-13-7-8-14-26(22)35-19-20-10-5-4-6-11-20/h4-8,10-11,13-14,16,21H,9,12,15,17-19H2,1-3H3,(H2,30,33);4-8,10-11,13-14,16,21,33H,9,12,15,17-19H2,1-3H3,(H2,30,31). The van der Waals surface area contributed by atoms with Crippen molar-refractivity contribution in [3.8, 4) is 34.0 Å². The third-order valence-corrected chi connectivity index (χ3v) is 12.7. The lowest BCUT2D eigenvalue weighted by molar-refractivity contribution is 0.0188. The van der Waals surface area contributed by atoms with E-state index in [1.807, 2.05) is 163 Å². The highest BCUT2D eigenvalue weighted by atomic mass is 16.6. The maximum Gasteiger partial charge on any atom is 0.410 e. The summed E-state index contributed by atoms with van der Waals surface area (Å²) in [4.78, 5) is 41.3. The number of nitrogens with zero attached hydrogens (tertiary/aromatic N) is 7. The minimum absolute atomic E-state index is 0.00914. The van der Waals surface area contributed by atoms with Gasteiger partial charge < -0.3 is 45.3 Å². The van der Waals surface area contributed by atoms with Crippen LogP contribution >= 0.6 is 0 Å². The largest absolute Gasteiger partial charge is 0.488 e. The summed E-state index contributed by atoms with van der Waals surface area (Å²) in [6, 6.07) is 39.4. The SMILES string of the molecule is CC(C)(C)OC(=O)N1CCCC(c2cc(-c3ccccc3OCc3ccccc3)nc(N)c2CN=[N+]=[N-])C1.CC(C)(C)OC(=O)N1CCCC(c2cc(-c3ccccc3OCc3ccccc3)nc(N)c2CO)C1. The molecule has 16 heteroatoms. The number of rotatable bonds is 13. The van der Waals surface area contributed by atoms with Gasteiger partial charge in [-0.2, -0.15) is 0 Å². The molecular formula is C58H69N9O7. The monoisotopic (exact) mass is 1000 g/mol. The van der Waals surface area contributed by atoms with Gasteiger partial charge in [-0.3, -0.25) is 0 Å². The van der Waals surface area contributed by atoms with Gasteiger partial charge in [0.1, 0.15) is 47.6 Å². The molecule has 16 nitrogen and oxygen atoms in total. The zero-order valence-corrected chi connectivity index (χ0v) is 43.4. The first kappa shape index (κ1) is 54.0. The number of azide groups is 1. The number of hydrogen-bond donors (Lipinski definition) is 3. The number of aliphatic hydroxyl groups is 1. The van der Waals surface area contributed by atoms with Crippen molar-refractivity contribution in [1.82, 2.24) is 19.8 Å². The molecule has 388 valence electrons. The fourth-order valence-electron chi connectivity index (χ4n) is 9.20. The summed E-state index contributed by atoms with van der Waals surface area (Å²) in [6.07, 6.45) is 2.74. The molecule has 2 aliphatic heterocycles. The molecular weight excluding hydrogens is 935 g/mol. The Balaban J connectivity index is 0.000000217. The lowest BCUT2D eigenvalue weighted by Crippen LogP contribution is -2.42. The Kier molecular flexibility index (Phi) is 18.0. The Labute approximate surface area is 434 Å². The van der Waals surface area contributed by atoms with Crippen molar-refractivity contribution in [1.29, 1.82) is 0 Å². The topological polar surface area (TPSA) is 224 Å². The number of aliphatic hydroxyl groups excluding tert-OH is 1. The molecule has 2 aromatic heterocycles. The van der Waals surface area contributed by atoms with Crippen LogP contribution in [0.2, 0.25) is 0 Å². The first-order chi connectivity index (χ1) is 35.5. The number of likely N-dealkylation sites (tertiary alicyclic amines) is 2. The molecule has 2 saturated heterocycles. The number of nitrogens with two attached hydrogens (primary N) is 2. The Hall–Kier alpha value is -7.81. The number of carbonyl (C=O) groups excluding carboxylic acids is 2. The number of ether oxygens (including phenoxy) is 4. The lowest BCUT2D eigenvalue weighted by atomic mass is 9.87. The molecule has 8 rings (SSSR count). The summed E-state index contributed by atoms with van der Waals surface area (Å²) in [5, 5.41) is 13.9. The quantitative estimate of drug-likeness (QED) is 0.0560. The van der Waals surface area contributed by atoms with Crippen LogP contribution in [-0.2, 0) is 35.8 Å². The summed E-state index contributed by atoms with van der Waals surface area (Å²) < 4.78 is 23.5. The highest BCUT2D eigenvalue weighted by Crippen LogP contribution is 2.39. The van der Waals surface area contributed by atoms with Crippen molar-refractivity contribution in [2.45, 2.75) is 117 Å². The maximum absolute atomic E-state index is 12.8. The van der Waals surface area contributed by atoms with Crippen LogP contribution < -0.4 is 20.9 Å². The molecule has 2 fully saturated rings. The van der Waals surface area contributed by atoms with E-state index in [0.717, 1.165) is 59.1 Å². The van der Waals surface area contributed by atoms with E-state index in [2.05, 4.69) is 20.0 Å². The van der Waals surface area contributed by atoms with Crippen molar-refractivity contribution in [2.24, 2.45) is 5.11 Å². The number of anilines is 2. The highest BCUT2D eigenvalue weighted by molar-refractivity contribution is 5.73. The van der Waals surface area contributed by atoms with Crippen molar-refractivity contribution in [3.05, 3.63) is 165 Å². The first-order valence-corrected chi connectivity index (χ1v) is 25.2. The van der Waals surface area contributed by atoms with Gasteiger partial charge in [0.2, 0.25) is 0 Å². The van der Waals surface area contributed by atoms with E-state index in [9.17, 15) is 14.7 Å². The number of nitrogen functional groups attached to an aromatic ring is 2. The third-order valence-electron chi connectivity index (χ3n) is 12.7. The molecule has 0 aliphatic carbocycles. The van der Waals surface area contributed by atoms with Crippen LogP contribution in [0, 0.1) is 0 Å². The van der Waals surface area contributed by atoms with Crippen LogP contribution in [0.15, 0.2) is 126 Å². The van der Waals surface area contributed by atoms with E-state index < -0.39 is 11.2 Å². The molecule has 6 aromatic rings. The van der Waals surface area contributed by atoms with Crippen LogP contribution in [0.4, 0.5) is 21.2 Å². The minimum Gasteiger partial charge on any atom is -0.488 e. The number of pyridine rings is 2. The van der Waals surface area contributed by atoms with Gasteiger partial charge in [0.15, 0.2) is 0 Å². The fraction of sp³-hybridized carbons (Fsp3) is 0.379. The molecule has 2 unspecified atom stereocenters. The van der Waals surface area contributed by atoms with Gasteiger partial charge in [-0.1, -0.05) is 90.0 Å². The zero-order chi connectivity index (χ0) is 52.8. The number of amides is 2. The fourth-order valence-corrected chi connectivity index (χ4v) is 9.20. The highest BCUT2D eigenvalue weighted by Gasteiger charge is 2.32. The normalized spacial score (nSPS) is 15.7. The van der Waals surface area contributed by atoms with Gasteiger partial charge in [0, 0.05) is 65.2 Å². The smallest absolute Gasteiger partial charge is 0.410 e. The van der Waals surface area contributed by atoms with Crippen LogP contribution in [0.1, 0.15) is 112 Å². The molecule has 4 heterocycles. The predicted molar refractivity (Wildman–Crippen MR) is 288 cm³/mol. The summed E-state index contributed by atoms with van der Waals surface area (Å²) in [5.41, 5.74) is 28.9. The average molecular weight is 1000 g/mol. The molecule has 4 aromatic carbocycles. The Bertz CT molecular complexity index is 2900. The molecule has 0 spiro atoms. The second-order valence-corrected chi connectivity index (χ2v) is 20.5. The molecule has 2 amide bonds. The number of carbonyl (C=O) groups is 2. The van der Waals surface area contributed by atoms with E-state index in [0.29, 0.717) is 79.2 Å². The second kappa shape index (κ2) is 24.7. The Morgan fingerprint density at radius 2 is 1.05 bits per heavy atom. The van der Waals surface area contributed by atoms with Crippen LogP contribution in [0.25, 0.3) is 33.0 Å². The number of benzene rings is 4. The summed E-state index contributed by atoms with van der Waals surface area (Å²) >= 11 is 0. The van der Waals surface area contributed by atoms with E-state index >= 15 is 0 Å². The van der Waals surface area contributed by atoms with Gasteiger partial charge in [-0.05, 0) is 131 Å². The van der Waals surface area contributed by atoms with Gasteiger partial charge in [-0.25, -0.2) is 19.6 Å². The Morgan fingerprint density at radius 1 is 0.649 bits per heavy atom. The first-order valence-electron chi connectivity index (χ1n) is 25.2. The van der Waals surface area contributed by atoms with Crippen molar-refractivity contribution in [2.75, 3.05) is 37.6 Å². The predicted octanol–water partition coefficient (Wildman–Crippen LogP) is 12.4. The number of para-hydroxylation sites is 2. The van der Waals surface area contributed by atoms with Crippen LogP contribution in [0.5, 0.6) is 11.5 Å². The molecule has 0 radical (unpaired) electrons. The number of aromatic nitrogens is 2. The van der Waals surface area contributed by atoms with Crippen LogP contribution in [0.3, 0.4) is 0 Å². The maximum atomic E-state index is 12.8. The van der Waals surface area contributed by atoms with Gasteiger partial charge >= 0.3 is 12.2 Å². The molecule has 5 N–H and O–H groups in total. The van der Waals surface area contributed by atoms with Crippen molar-refractivity contribution in [3.63, 3.8) is 0 Å². The summed E-state index contributed by atoms with van der Waals surface area (Å²) in [5.74, 6) is 1.98. The number of hydrogen-bond acceptors (Lipinski definition) is 12. The second-order valence-electron chi connectivity index (χ2n) is 20.5.